The Morgan fingerprint density at radius 3 is 2.29 bits per heavy atom. The highest BCUT2D eigenvalue weighted by Crippen LogP contribution is 2.39. The standard InChI is InChI=1S/C43H67NO11/c1-10-31-20-25(2)19-26(3)21-36(52-8)39-37(53-9)23-29(6)43(50,55-39)40(47)41(48)44-18-12-11-13-32(44)42(49)54-38(27(4)14-16-33(31)45)28(5)22-30-15-17-34(46)35(24-30)51-7/h14,16,20,22,26-27,29-32,34-39,46,50H,10-13,15,17-19,21,23-24H2,1-9H3/b16-14-,25-20?,28-22?. The lowest BCUT2D eigenvalue weighted by atomic mass is 9.82. The molecule has 1 aliphatic carbocycles. The number of allylic oxidation sites excluding steroid dienone is 4. The number of piperidine rings is 1. The molecule has 310 valence electrons. The second-order valence-electron chi connectivity index (χ2n) is 16.7. The van der Waals surface area contributed by atoms with Crippen molar-refractivity contribution in [3.05, 3.63) is 35.5 Å². The highest BCUT2D eigenvalue weighted by molar-refractivity contribution is 6.39. The van der Waals surface area contributed by atoms with E-state index in [9.17, 15) is 29.4 Å². The Labute approximate surface area is 328 Å². The van der Waals surface area contributed by atoms with Gasteiger partial charge in [-0.15, -0.1) is 0 Å². The Hall–Kier alpha value is -2.74. The van der Waals surface area contributed by atoms with Crippen molar-refractivity contribution in [3.63, 3.8) is 0 Å². The van der Waals surface area contributed by atoms with Crippen molar-refractivity contribution in [2.24, 2.45) is 29.6 Å². The summed E-state index contributed by atoms with van der Waals surface area (Å²) in [5, 5.41) is 22.4. The molecule has 13 atom stereocenters. The van der Waals surface area contributed by atoms with Crippen LogP contribution in [0.1, 0.15) is 106 Å². The Morgan fingerprint density at radius 1 is 0.964 bits per heavy atom. The summed E-state index contributed by atoms with van der Waals surface area (Å²) in [6, 6.07) is -1.06. The molecule has 12 nitrogen and oxygen atoms in total. The third-order valence-electron chi connectivity index (χ3n) is 12.4. The molecule has 3 heterocycles. The first-order valence-electron chi connectivity index (χ1n) is 20.4. The predicted octanol–water partition coefficient (Wildman–Crippen LogP) is 5.28. The second-order valence-corrected chi connectivity index (χ2v) is 16.7. The van der Waals surface area contributed by atoms with Gasteiger partial charge in [-0.3, -0.25) is 14.4 Å². The van der Waals surface area contributed by atoms with Crippen molar-refractivity contribution >= 4 is 23.4 Å². The number of ketones is 2. The van der Waals surface area contributed by atoms with Crippen molar-refractivity contribution in [1.29, 1.82) is 0 Å². The topological polar surface area (TPSA) is 158 Å². The van der Waals surface area contributed by atoms with Crippen LogP contribution in [-0.2, 0) is 42.9 Å². The van der Waals surface area contributed by atoms with Gasteiger partial charge in [-0.25, -0.2) is 4.79 Å². The molecule has 12 heteroatoms. The summed E-state index contributed by atoms with van der Waals surface area (Å²) in [5.41, 5.74) is 1.82. The zero-order valence-electron chi connectivity index (χ0n) is 34.5. The first kappa shape index (κ1) is 45.0. The summed E-state index contributed by atoms with van der Waals surface area (Å²) >= 11 is 0. The van der Waals surface area contributed by atoms with Gasteiger partial charge >= 0.3 is 5.97 Å². The summed E-state index contributed by atoms with van der Waals surface area (Å²) in [4.78, 5) is 57.5. The SMILES string of the molecule is CCC1C=C(C)CC(C)CC(OC)C2OC(O)(C(=O)C(=O)N3CCCCC3C(=O)OC(C(C)=CC3CCC(O)C(OC)C3)C(C)/C=C\C1=O)C(C)CC2OC. The molecule has 13 unspecified atom stereocenters. The van der Waals surface area contributed by atoms with E-state index in [0.29, 0.717) is 44.9 Å². The smallest absolute Gasteiger partial charge is 0.329 e. The van der Waals surface area contributed by atoms with Crippen LogP contribution < -0.4 is 0 Å². The summed E-state index contributed by atoms with van der Waals surface area (Å²) < 4.78 is 29.8. The van der Waals surface area contributed by atoms with Crippen LogP contribution in [0.5, 0.6) is 0 Å². The van der Waals surface area contributed by atoms with Gasteiger partial charge < -0.3 is 38.8 Å². The van der Waals surface area contributed by atoms with Gasteiger partial charge in [-0.05, 0) is 102 Å². The van der Waals surface area contributed by atoms with E-state index >= 15 is 0 Å². The Morgan fingerprint density at radius 2 is 1.64 bits per heavy atom. The van der Waals surface area contributed by atoms with Gasteiger partial charge in [0.1, 0.15) is 18.2 Å². The van der Waals surface area contributed by atoms with Gasteiger partial charge in [0.05, 0.1) is 24.4 Å². The Balaban J connectivity index is 1.76. The van der Waals surface area contributed by atoms with E-state index in [1.165, 1.54) is 4.90 Å². The molecule has 1 amide bonds. The van der Waals surface area contributed by atoms with Gasteiger partial charge in [-0.2, -0.15) is 0 Å². The third kappa shape index (κ3) is 10.8. The number of carbonyl (C=O) groups excluding carboxylic acids is 4. The second kappa shape index (κ2) is 20.1. The zero-order valence-corrected chi connectivity index (χ0v) is 34.5. The number of hydrogen-bond acceptors (Lipinski definition) is 11. The summed E-state index contributed by atoms with van der Waals surface area (Å²) in [6.07, 6.45) is 9.26. The molecular formula is C43H67NO11. The number of carbonyl (C=O) groups is 4. The number of Topliss-reactive ketones (excluding diaryl/α,β-unsaturated/α-hetero) is 1. The average Bonchev–Trinajstić information content (AvgIpc) is 3.17. The summed E-state index contributed by atoms with van der Waals surface area (Å²) in [6.45, 7) is 11.6. The van der Waals surface area contributed by atoms with Crippen LogP contribution in [0.2, 0.25) is 0 Å². The van der Waals surface area contributed by atoms with Crippen LogP contribution in [0.15, 0.2) is 35.5 Å². The third-order valence-corrected chi connectivity index (χ3v) is 12.4. The van der Waals surface area contributed by atoms with Crippen LogP contribution in [-0.4, -0.2) is 115 Å². The van der Waals surface area contributed by atoms with Gasteiger partial charge in [0, 0.05) is 45.6 Å². The van der Waals surface area contributed by atoms with Crippen LogP contribution >= 0.6 is 0 Å². The minimum absolute atomic E-state index is 0.0487. The Bertz CT molecular complexity index is 1440. The predicted molar refractivity (Wildman–Crippen MR) is 207 cm³/mol. The number of ether oxygens (including phenoxy) is 5. The molecule has 0 radical (unpaired) electrons. The molecule has 4 rings (SSSR count). The maximum Gasteiger partial charge on any atom is 0.329 e. The number of rotatable bonds is 6. The fraction of sp³-hybridized carbons (Fsp3) is 0.767. The number of cyclic esters (lactones) is 1. The molecular weight excluding hydrogens is 706 g/mol. The lowest BCUT2D eigenvalue weighted by Gasteiger charge is -2.47. The number of amides is 1. The summed E-state index contributed by atoms with van der Waals surface area (Å²) in [7, 11) is 4.68. The molecule has 1 saturated carbocycles. The molecule has 0 aromatic heterocycles. The van der Waals surface area contributed by atoms with E-state index in [0.717, 1.165) is 17.6 Å². The molecule has 3 aliphatic heterocycles. The van der Waals surface area contributed by atoms with Crippen LogP contribution in [0.3, 0.4) is 0 Å². The van der Waals surface area contributed by atoms with E-state index in [4.69, 9.17) is 23.7 Å². The average molecular weight is 774 g/mol. The maximum atomic E-state index is 14.2. The van der Waals surface area contributed by atoms with Gasteiger partial charge in [0.25, 0.3) is 11.7 Å². The maximum absolute atomic E-state index is 14.2. The highest BCUT2D eigenvalue weighted by Gasteiger charge is 2.56. The number of hydrogen-bond donors (Lipinski definition) is 2. The van der Waals surface area contributed by atoms with E-state index in [1.54, 1.807) is 40.4 Å². The minimum atomic E-state index is -2.47. The fourth-order valence-electron chi connectivity index (χ4n) is 9.08. The first-order chi connectivity index (χ1) is 26.1. The van der Waals surface area contributed by atoms with Crippen LogP contribution in [0.25, 0.3) is 0 Å². The number of nitrogens with zero attached hydrogens (tertiary/aromatic N) is 1. The minimum Gasteiger partial charge on any atom is -0.456 e. The molecule has 2 bridgehead atoms. The van der Waals surface area contributed by atoms with E-state index in [1.807, 2.05) is 33.8 Å². The number of aliphatic hydroxyl groups excluding tert-OH is 1. The highest BCUT2D eigenvalue weighted by atomic mass is 16.7. The first-order valence-corrected chi connectivity index (χ1v) is 20.4. The van der Waals surface area contributed by atoms with Gasteiger partial charge in [0.2, 0.25) is 5.79 Å². The van der Waals surface area contributed by atoms with E-state index < -0.39 is 71.8 Å². The van der Waals surface area contributed by atoms with Crippen molar-refractivity contribution in [2.45, 2.75) is 154 Å². The van der Waals surface area contributed by atoms with Crippen molar-refractivity contribution in [2.75, 3.05) is 27.9 Å². The van der Waals surface area contributed by atoms with Crippen molar-refractivity contribution < 1.29 is 53.1 Å². The van der Waals surface area contributed by atoms with Crippen LogP contribution in [0, 0.1) is 29.6 Å². The van der Waals surface area contributed by atoms with Crippen molar-refractivity contribution in [3.8, 4) is 0 Å². The normalized spacial score (nSPS) is 40.1. The largest absolute Gasteiger partial charge is 0.456 e. The van der Waals surface area contributed by atoms with Gasteiger partial charge in [-0.1, -0.05) is 51.5 Å². The molecule has 2 saturated heterocycles. The monoisotopic (exact) mass is 773 g/mol. The number of aliphatic hydroxyl groups is 2. The number of methoxy groups -OCH3 is 3. The molecule has 3 fully saturated rings. The van der Waals surface area contributed by atoms with Crippen molar-refractivity contribution in [1.82, 2.24) is 4.90 Å². The molecule has 0 aromatic carbocycles. The Kier molecular flexibility index (Phi) is 16.4. The summed E-state index contributed by atoms with van der Waals surface area (Å²) in [5.74, 6) is -6.74. The quantitative estimate of drug-likeness (QED) is 0.206. The fourth-order valence-corrected chi connectivity index (χ4v) is 9.08. The molecule has 0 aromatic rings. The van der Waals surface area contributed by atoms with Crippen LogP contribution in [0.4, 0.5) is 0 Å². The van der Waals surface area contributed by atoms with E-state index in [2.05, 4.69) is 13.0 Å². The van der Waals surface area contributed by atoms with E-state index in [-0.39, 0.29) is 49.0 Å². The number of esters is 1. The van der Waals surface area contributed by atoms with Gasteiger partial charge in [0.15, 0.2) is 5.78 Å². The zero-order chi connectivity index (χ0) is 40.6. The molecule has 55 heavy (non-hydrogen) atoms. The lowest BCUT2D eigenvalue weighted by molar-refractivity contribution is -0.302. The molecule has 4 aliphatic rings. The molecule has 0 spiro atoms. The molecule has 2 N–H and O–H groups in total. The number of fused-ring (bicyclic) bond motifs is 3. The lowest BCUT2D eigenvalue weighted by Crippen LogP contribution is -2.64.